The topological polar surface area (TPSA) is 80.7 Å². The van der Waals surface area contributed by atoms with Crippen LogP contribution in [0, 0.1) is 20.8 Å². The summed E-state index contributed by atoms with van der Waals surface area (Å²) >= 11 is 5.94. The van der Waals surface area contributed by atoms with Crippen LogP contribution in [0.25, 0.3) is 5.69 Å². The highest BCUT2D eigenvalue weighted by Crippen LogP contribution is 2.45. The first-order valence-electron chi connectivity index (χ1n) is 13.1. The molecule has 40 heavy (non-hydrogen) atoms. The van der Waals surface area contributed by atoms with Gasteiger partial charge < -0.3 is 29.6 Å². The first kappa shape index (κ1) is 27.4. The Morgan fingerprint density at radius 2 is 1.77 bits per heavy atom. The van der Waals surface area contributed by atoms with E-state index in [1.165, 1.54) is 12.7 Å². The monoisotopic (exact) mass is 555 g/mol. The number of methoxy groups -OCH3 is 2. The number of nitrogens with one attached hydrogen (secondary N) is 2. The minimum absolute atomic E-state index is 0.0631. The lowest BCUT2D eigenvalue weighted by Gasteiger charge is -2.29. The summed E-state index contributed by atoms with van der Waals surface area (Å²) in [6.07, 6.45) is 1.80. The van der Waals surface area contributed by atoms with Gasteiger partial charge in [-0.2, -0.15) is 0 Å². The Morgan fingerprint density at radius 3 is 2.45 bits per heavy atom. The van der Waals surface area contributed by atoms with Gasteiger partial charge in [0.1, 0.15) is 12.4 Å². The van der Waals surface area contributed by atoms with Gasteiger partial charge in [0.15, 0.2) is 5.11 Å². The molecule has 8 nitrogen and oxygen atoms in total. The van der Waals surface area contributed by atoms with Crippen molar-refractivity contribution in [3.05, 3.63) is 101 Å². The van der Waals surface area contributed by atoms with E-state index in [0.717, 1.165) is 34.0 Å². The molecule has 1 saturated heterocycles. The molecule has 2 atom stereocenters. The molecular formula is C31H33N5O3S. The van der Waals surface area contributed by atoms with Gasteiger partial charge in [0.05, 0.1) is 30.6 Å². The fourth-order valence-electron chi connectivity index (χ4n) is 5.39. The summed E-state index contributed by atoms with van der Waals surface area (Å²) in [6, 6.07) is 21.9. The minimum atomic E-state index is -0.273. The van der Waals surface area contributed by atoms with Gasteiger partial charge in [-0.1, -0.05) is 23.8 Å². The number of aromatic nitrogens is 2. The molecule has 0 saturated carbocycles. The number of nitrogens with zero attached hydrogens (tertiary/aromatic N) is 3. The van der Waals surface area contributed by atoms with Crippen molar-refractivity contribution < 1.29 is 14.3 Å². The predicted molar refractivity (Wildman–Crippen MR) is 161 cm³/mol. The quantitative estimate of drug-likeness (QED) is 0.275. The Bertz CT molecular complexity index is 1530. The third-order valence-electron chi connectivity index (χ3n) is 7.19. The molecule has 0 unspecified atom stereocenters. The Kier molecular flexibility index (Phi) is 7.86. The maximum Gasteiger partial charge on any atom is 0.250 e. The number of carbonyl (C=O) groups is 1. The molecule has 0 bridgehead atoms. The number of amides is 1. The molecule has 2 aromatic carbocycles. The van der Waals surface area contributed by atoms with Crippen LogP contribution in [0.2, 0.25) is 0 Å². The SMILES string of the molecule is COCC(=O)Nc1cc(N2C(=S)N[C@@H](c3ccccn3)[C@H]2c2cc(C)n(-c3ccc(C)cc3)c2C)ccc1OC. The number of pyridine rings is 1. The van der Waals surface area contributed by atoms with Gasteiger partial charge in [-0.15, -0.1) is 0 Å². The van der Waals surface area contributed by atoms with Crippen molar-refractivity contribution in [3.63, 3.8) is 0 Å². The highest BCUT2D eigenvalue weighted by atomic mass is 32.1. The fourth-order valence-corrected chi connectivity index (χ4v) is 5.73. The van der Waals surface area contributed by atoms with E-state index in [2.05, 4.69) is 76.2 Å². The number of hydrogen-bond donors (Lipinski definition) is 2. The summed E-state index contributed by atoms with van der Waals surface area (Å²) in [4.78, 5) is 19.2. The van der Waals surface area contributed by atoms with Gasteiger partial charge in [0, 0.05) is 36.1 Å². The summed E-state index contributed by atoms with van der Waals surface area (Å²) in [5.74, 6) is 0.270. The molecule has 9 heteroatoms. The Hall–Kier alpha value is -4.21. The molecule has 0 radical (unpaired) electrons. The third kappa shape index (κ3) is 5.17. The molecule has 3 heterocycles. The maximum absolute atomic E-state index is 12.4. The summed E-state index contributed by atoms with van der Waals surface area (Å²) < 4.78 is 12.8. The summed E-state index contributed by atoms with van der Waals surface area (Å²) in [5.41, 5.74) is 7.92. The molecule has 1 fully saturated rings. The number of rotatable bonds is 8. The number of ether oxygens (including phenoxy) is 2. The lowest BCUT2D eigenvalue weighted by molar-refractivity contribution is -0.119. The van der Waals surface area contributed by atoms with Crippen molar-refractivity contribution in [2.75, 3.05) is 31.0 Å². The molecule has 2 aromatic heterocycles. The van der Waals surface area contributed by atoms with Crippen LogP contribution in [0.1, 0.15) is 40.3 Å². The molecule has 2 N–H and O–H groups in total. The molecule has 206 valence electrons. The predicted octanol–water partition coefficient (Wildman–Crippen LogP) is 5.57. The molecule has 1 amide bonds. The second-order valence-corrected chi connectivity index (χ2v) is 10.2. The summed E-state index contributed by atoms with van der Waals surface area (Å²) in [6.45, 7) is 6.29. The van der Waals surface area contributed by atoms with E-state index in [1.807, 2.05) is 36.4 Å². The van der Waals surface area contributed by atoms with Crippen LogP contribution in [0.15, 0.2) is 72.9 Å². The van der Waals surface area contributed by atoms with E-state index < -0.39 is 0 Å². The first-order chi connectivity index (χ1) is 19.3. The average Bonchev–Trinajstić information content (AvgIpc) is 3.44. The van der Waals surface area contributed by atoms with E-state index in [0.29, 0.717) is 16.5 Å². The molecule has 1 aliphatic rings. The van der Waals surface area contributed by atoms with E-state index in [-0.39, 0.29) is 24.6 Å². The Labute approximate surface area is 239 Å². The average molecular weight is 556 g/mol. The molecule has 0 spiro atoms. The number of benzene rings is 2. The molecule has 1 aliphatic heterocycles. The zero-order valence-electron chi connectivity index (χ0n) is 23.3. The van der Waals surface area contributed by atoms with Gasteiger partial charge in [-0.05, 0) is 87.1 Å². The van der Waals surface area contributed by atoms with Crippen LogP contribution in [0.5, 0.6) is 5.75 Å². The molecule has 0 aliphatic carbocycles. The number of thiocarbonyl (C=S) groups is 1. The van der Waals surface area contributed by atoms with Gasteiger partial charge >= 0.3 is 0 Å². The largest absolute Gasteiger partial charge is 0.495 e. The van der Waals surface area contributed by atoms with Crippen LogP contribution in [0.3, 0.4) is 0 Å². The van der Waals surface area contributed by atoms with Crippen molar-refractivity contribution in [2.24, 2.45) is 0 Å². The van der Waals surface area contributed by atoms with Crippen LogP contribution in [0.4, 0.5) is 11.4 Å². The van der Waals surface area contributed by atoms with Gasteiger partial charge in [-0.3, -0.25) is 9.78 Å². The lowest BCUT2D eigenvalue weighted by Crippen LogP contribution is -2.29. The normalized spacial score (nSPS) is 16.6. The van der Waals surface area contributed by atoms with E-state index in [9.17, 15) is 4.79 Å². The zero-order valence-corrected chi connectivity index (χ0v) is 24.1. The van der Waals surface area contributed by atoms with E-state index >= 15 is 0 Å². The van der Waals surface area contributed by atoms with Crippen LogP contribution >= 0.6 is 12.2 Å². The van der Waals surface area contributed by atoms with E-state index in [4.69, 9.17) is 21.7 Å². The van der Waals surface area contributed by atoms with Crippen molar-refractivity contribution in [1.29, 1.82) is 0 Å². The van der Waals surface area contributed by atoms with Crippen molar-refractivity contribution >= 4 is 34.6 Å². The highest BCUT2D eigenvalue weighted by molar-refractivity contribution is 7.80. The van der Waals surface area contributed by atoms with Crippen LogP contribution < -0.4 is 20.3 Å². The summed E-state index contributed by atoms with van der Waals surface area (Å²) in [5, 5.41) is 6.99. The molecular weight excluding hydrogens is 522 g/mol. The highest BCUT2D eigenvalue weighted by Gasteiger charge is 2.42. The number of carbonyl (C=O) groups excluding carboxylic acids is 1. The minimum Gasteiger partial charge on any atom is -0.495 e. The maximum atomic E-state index is 12.4. The van der Waals surface area contributed by atoms with Gasteiger partial charge in [-0.25, -0.2) is 0 Å². The Morgan fingerprint density at radius 1 is 1.02 bits per heavy atom. The number of hydrogen-bond acceptors (Lipinski definition) is 5. The zero-order chi connectivity index (χ0) is 28.4. The smallest absolute Gasteiger partial charge is 0.250 e. The summed E-state index contributed by atoms with van der Waals surface area (Å²) in [7, 11) is 3.06. The van der Waals surface area contributed by atoms with Gasteiger partial charge in [0.25, 0.3) is 0 Å². The second kappa shape index (κ2) is 11.5. The van der Waals surface area contributed by atoms with E-state index in [1.54, 1.807) is 13.3 Å². The first-order valence-corrected chi connectivity index (χ1v) is 13.5. The fraction of sp³-hybridized carbons (Fsp3) is 0.258. The van der Waals surface area contributed by atoms with Crippen molar-refractivity contribution in [2.45, 2.75) is 32.9 Å². The number of anilines is 2. The standard InChI is InChI=1S/C31H33N5O3S/c1-19-9-11-22(12-10-19)35-20(2)16-24(21(35)3)30-29(25-8-6-7-15-32-25)34-31(40)36(30)23-13-14-27(39-5)26(17-23)33-28(37)18-38-4/h6-17,29-30H,18H2,1-5H3,(H,33,37)(H,34,40)/t29-,30+/m0/s1. The van der Waals surface area contributed by atoms with Gasteiger partial charge in [0.2, 0.25) is 5.91 Å². The van der Waals surface area contributed by atoms with Crippen molar-refractivity contribution in [3.8, 4) is 11.4 Å². The van der Waals surface area contributed by atoms with Crippen molar-refractivity contribution in [1.82, 2.24) is 14.9 Å². The molecule has 5 rings (SSSR count). The van der Waals surface area contributed by atoms with Crippen LogP contribution in [-0.2, 0) is 9.53 Å². The third-order valence-corrected chi connectivity index (χ3v) is 7.50. The van der Waals surface area contributed by atoms with Crippen LogP contribution in [-0.4, -0.2) is 41.4 Å². The lowest BCUT2D eigenvalue weighted by atomic mass is 9.96. The second-order valence-electron chi connectivity index (χ2n) is 9.86. The number of aryl methyl sites for hydroxylation is 2. The Balaban J connectivity index is 1.64. The molecule has 4 aromatic rings.